The van der Waals surface area contributed by atoms with E-state index in [0.29, 0.717) is 12.2 Å². The van der Waals surface area contributed by atoms with Gasteiger partial charge in [0.1, 0.15) is 5.75 Å². The lowest BCUT2D eigenvalue weighted by atomic mass is 10.1. The first-order valence-electron chi connectivity index (χ1n) is 10.4. The number of thiocarbonyl (C=S) groups is 1. The van der Waals surface area contributed by atoms with Crippen molar-refractivity contribution in [3.8, 4) is 5.75 Å². The fourth-order valence-electron chi connectivity index (χ4n) is 2.64. The number of carbonyl (C=O) groups is 2. The maximum absolute atomic E-state index is 12.2. The van der Waals surface area contributed by atoms with Crippen LogP contribution in [0.5, 0.6) is 5.75 Å². The highest BCUT2D eigenvalue weighted by Gasteiger charge is 2.07. The molecule has 0 heterocycles. The van der Waals surface area contributed by atoms with Gasteiger partial charge < -0.3 is 4.74 Å². The molecular formula is C24H29N3O3S. The van der Waals surface area contributed by atoms with Crippen LogP contribution < -0.4 is 20.9 Å². The lowest BCUT2D eigenvalue weighted by Crippen LogP contribution is -2.48. The average Bonchev–Trinajstić information content (AvgIpc) is 2.77. The average molecular weight is 440 g/mol. The third-order valence-corrected chi connectivity index (χ3v) is 4.62. The van der Waals surface area contributed by atoms with Gasteiger partial charge >= 0.3 is 0 Å². The van der Waals surface area contributed by atoms with Crippen molar-refractivity contribution in [2.45, 2.75) is 39.5 Å². The second-order valence-electron chi connectivity index (χ2n) is 7.08. The Labute approximate surface area is 189 Å². The first kappa shape index (κ1) is 24.1. The number of ether oxygens (including phenoxy) is 1. The largest absolute Gasteiger partial charge is 0.494 e. The quantitative estimate of drug-likeness (QED) is 0.235. The Bertz CT molecular complexity index is 893. The summed E-state index contributed by atoms with van der Waals surface area (Å²) in [4.78, 5) is 24.2. The second kappa shape index (κ2) is 13.2. The molecular weight excluding hydrogens is 410 g/mol. The zero-order valence-electron chi connectivity index (χ0n) is 17.9. The van der Waals surface area contributed by atoms with Crippen LogP contribution in [0.3, 0.4) is 0 Å². The van der Waals surface area contributed by atoms with E-state index in [2.05, 4.69) is 23.1 Å². The minimum atomic E-state index is -0.396. The molecule has 2 rings (SSSR count). The van der Waals surface area contributed by atoms with E-state index in [1.807, 2.05) is 31.2 Å². The maximum Gasteiger partial charge on any atom is 0.269 e. The number of hydrogen-bond acceptors (Lipinski definition) is 4. The van der Waals surface area contributed by atoms with E-state index >= 15 is 0 Å². The molecule has 0 unspecified atom stereocenters. The molecule has 7 heteroatoms. The van der Waals surface area contributed by atoms with Crippen molar-refractivity contribution in [1.29, 1.82) is 0 Å². The predicted octanol–water partition coefficient (Wildman–Crippen LogP) is 4.30. The van der Waals surface area contributed by atoms with Gasteiger partial charge in [0.2, 0.25) is 5.91 Å². The predicted molar refractivity (Wildman–Crippen MR) is 128 cm³/mol. The highest BCUT2D eigenvalue weighted by Crippen LogP contribution is 2.13. The van der Waals surface area contributed by atoms with Crippen LogP contribution in [0.4, 0.5) is 0 Å². The third-order valence-electron chi connectivity index (χ3n) is 4.41. The number of rotatable bonds is 9. The van der Waals surface area contributed by atoms with Gasteiger partial charge in [0.15, 0.2) is 5.11 Å². The summed E-state index contributed by atoms with van der Waals surface area (Å²) in [7, 11) is 0. The molecule has 164 valence electrons. The van der Waals surface area contributed by atoms with Crippen LogP contribution in [0.15, 0.2) is 54.6 Å². The lowest BCUT2D eigenvalue weighted by Gasteiger charge is -2.10. The molecule has 2 aromatic carbocycles. The molecule has 0 saturated heterocycles. The van der Waals surface area contributed by atoms with Crippen LogP contribution in [0, 0.1) is 6.92 Å². The van der Waals surface area contributed by atoms with Crippen molar-refractivity contribution in [2.24, 2.45) is 0 Å². The van der Waals surface area contributed by atoms with E-state index in [9.17, 15) is 9.59 Å². The first-order chi connectivity index (χ1) is 15.0. The standard InChI is InChI=1S/C24H29N3O3S/c1-3-4-5-6-17-30-21-14-12-20(13-15-21)23(29)26-27-24(31)25-22(28)16-11-19-9-7-18(2)8-10-19/h7-16H,3-6,17H2,1-2H3,(H,26,29)(H2,25,27,28,31). The minimum absolute atomic E-state index is 0.000983. The summed E-state index contributed by atoms with van der Waals surface area (Å²) >= 11 is 5.03. The number of aryl methyl sites for hydroxylation is 1. The van der Waals surface area contributed by atoms with Crippen LogP contribution in [0.1, 0.15) is 54.1 Å². The van der Waals surface area contributed by atoms with E-state index in [1.54, 1.807) is 30.3 Å². The topological polar surface area (TPSA) is 79.5 Å². The van der Waals surface area contributed by atoms with Gasteiger partial charge in [-0.05, 0) is 61.5 Å². The number of benzene rings is 2. The second-order valence-corrected chi connectivity index (χ2v) is 7.48. The van der Waals surface area contributed by atoms with Gasteiger partial charge in [-0.1, -0.05) is 56.0 Å². The number of unbranched alkanes of at least 4 members (excludes halogenated alkanes) is 3. The molecule has 2 amide bonds. The fraction of sp³-hybridized carbons (Fsp3) is 0.292. The molecule has 0 bridgehead atoms. The maximum atomic E-state index is 12.2. The number of carbonyl (C=O) groups excluding carboxylic acids is 2. The Hall–Kier alpha value is -3.19. The van der Waals surface area contributed by atoms with Crippen molar-refractivity contribution >= 4 is 35.2 Å². The molecule has 0 aliphatic heterocycles. The molecule has 2 aromatic rings. The first-order valence-corrected chi connectivity index (χ1v) is 10.8. The molecule has 0 radical (unpaired) electrons. The zero-order chi connectivity index (χ0) is 22.5. The molecule has 0 aromatic heterocycles. The SMILES string of the molecule is CCCCCCOc1ccc(C(=O)NNC(=S)NC(=O)C=Cc2ccc(C)cc2)cc1. The summed E-state index contributed by atoms with van der Waals surface area (Å²) in [6.07, 6.45) is 7.63. The summed E-state index contributed by atoms with van der Waals surface area (Å²) < 4.78 is 5.67. The van der Waals surface area contributed by atoms with Gasteiger partial charge in [0.05, 0.1) is 6.61 Å². The third kappa shape index (κ3) is 9.44. The molecule has 0 aliphatic carbocycles. The van der Waals surface area contributed by atoms with Crippen LogP contribution in [-0.2, 0) is 4.79 Å². The van der Waals surface area contributed by atoms with Crippen LogP contribution in [-0.4, -0.2) is 23.5 Å². The molecule has 31 heavy (non-hydrogen) atoms. The number of amides is 2. The van der Waals surface area contributed by atoms with E-state index in [0.717, 1.165) is 29.7 Å². The van der Waals surface area contributed by atoms with Gasteiger partial charge in [-0.15, -0.1) is 0 Å². The van der Waals surface area contributed by atoms with Gasteiger partial charge in [0, 0.05) is 11.6 Å². The smallest absolute Gasteiger partial charge is 0.269 e. The lowest BCUT2D eigenvalue weighted by molar-refractivity contribution is -0.115. The van der Waals surface area contributed by atoms with Gasteiger partial charge in [-0.3, -0.25) is 25.8 Å². The van der Waals surface area contributed by atoms with Crippen molar-refractivity contribution in [1.82, 2.24) is 16.2 Å². The number of hydrogen-bond donors (Lipinski definition) is 3. The van der Waals surface area contributed by atoms with Crippen LogP contribution in [0.25, 0.3) is 6.08 Å². The Balaban J connectivity index is 1.71. The summed E-state index contributed by atoms with van der Waals surface area (Å²) in [6.45, 7) is 4.83. The number of nitrogens with one attached hydrogen (secondary N) is 3. The van der Waals surface area contributed by atoms with E-state index in [4.69, 9.17) is 17.0 Å². The molecule has 0 saturated carbocycles. The van der Waals surface area contributed by atoms with E-state index in [1.165, 1.54) is 18.9 Å². The molecule has 6 nitrogen and oxygen atoms in total. The molecule has 0 atom stereocenters. The van der Waals surface area contributed by atoms with Crippen molar-refractivity contribution in [2.75, 3.05) is 6.61 Å². The highest BCUT2D eigenvalue weighted by atomic mass is 32.1. The Morgan fingerprint density at radius 2 is 1.68 bits per heavy atom. The Morgan fingerprint density at radius 1 is 0.968 bits per heavy atom. The van der Waals surface area contributed by atoms with E-state index in [-0.39, 0.29) is 11.0 Å². The van der Waals surface area contributed by atoms with Gasteiger partial charge in [0.25, 0.3) is 5.91 Å². The summed E-state index contributed by atoms with van der Waals surface area (Å²) in [5, 5.41) is 2.47. The summed E-state index contributed by atoms with van der Waals surface area (Å²) in [5.41, 5.74) is 7.47. The fourth-order valence-corrected chi connectivity index (χ4v) is 2.79. The molecule has 0 spiro atoms. The van der Waals surface area contributed by atoms with Crippen molar-refractivity contribution in [3.05, 3.63) is 71.3 Å². The minimum Gasteiger partial charge on any atom is -0.494 e. The van der Waals surface area contributed by atoms with Gasteiger partial charge in [-0.25, -0.2) is 0 Å². The van der Waals surface area contributed by atoms with Crippen molar-refractivity contribution < 1.29 is 14.3 Å². The molecule has 0 fully saturated rings. The Morgan fingerprint density at radius 3 is 2.35 bits per heavy atom. The molecule has 0 aliphatic rings. The van der Waals surface area contributed by atoms with Gasteiger partial charge in [-0.2, -0.15) is 0 Å². The highest BCUT2D eigenvalue weighted by molar-refractivity contribution is 7.80. The Kier molecular flexibility index (Phi) is 10.2. The monoisotopic (exact) mass is 439 g/mol. The van der Waals surface area contributed by atoms with Crippen molar-refractivity contribution in [3.63, 3.8) is 0 Å². The van der Waals surface area contributed by atoms with E-state index < -0.39 is 5.91 Å². The number of hydrazine groups is 1. The zero-order valence-corrected chi connectivity index (χ0v) is 18.8. The summed E-state index contributed by atoms with van der Waals surface area (Å²) in [5.74, 6) is -0.0433. The van der Waals surface area contributed by atoms with Crippen LogP contribution >= 0.6 is 12.2 Å². The normalized spacial score (nSPS) is 10.5. The summed E-state index contributed by atoms with van der Waals surface area (Å²) in [6, 6.07) is 14.6. The van der Waals surface area contributed by atoms with Crippen LogP contribution in [0.2, 0.25) is 0 Å². The molecule has 3 N–H and O–H groups in total.